The van der Waals surface area contributed by atoms with Crippen LogP contribution in [0.15, 0.2) is 108 Å². The van der Waals surface area contributed by atoms with Gasteiger partial charge in [-0.25, -0.2) is 0 Å². The third kappa shape index (κ3) is 3.88. The molecule has 0 aliphatic carbocycles. The van der Waals surface area contributed by atoms with Gasteiger partial charge in [0, 0.05) is 41.6 Å². The van der Waals surface area contributed by atoms with Crippen molar-refractivity contribution in [2.45, 2.75) is 52.4 Å². The second-order valence-corrected chi connectivity index (χ2v) is 12.8. The van der Waals surface area contributed by atoms with Gasteiger partial charge in [0.1, 0.15) is 7.05 Å². The zero-order chi connectivity index (χ0) is 28.4. The van der Waals surface area contributed by atoms with Crippen molar-refractivity contribution >= 4 is 38.6 Å². The largest absolute Gasteiger partial charge is 0.347 e. The maximum atomic E-state index is 2.38. The minimum Gasteiger partial charge on any atom is -0.347 e. The summed E-state index contributed by atoms with van der Waals surface area (Å²) in [5, 5.41) is 5.31. The fourth-order valence-corrected chi connectivity index (χ4v) is 7.18. The van der Waals surface area contributed by atoms with Gasteiger partial charge < -0.3 is 4.90 Å². The summed E-state index contributed by atoms with van der Waals surface area (Å²) in [5.41, 5.74) is 9.27. The van der Waals surface area contributed by atoms with E-state index in [1.54, 1.807) is 0 Å². The van der Waals surface area contributed by atoms with E-state index < -0.39 is 0 Å². The first kappa shape index (κ1) is 26.3. The van der Waals surface area contributed by atoms with Crippen molar-refractivity contribution in [2.75, 3.05) is 19.0 Å². The molecule has 0 fully saturated rings. The Morgan fingerprint density at radius 3 is 2.02 bits per heavy atom. The third-order valence-electron chi connectivity index (χ3n) is 9.32. The number of hydrogen-bond donors (Lipinski definition) is 0. The summed E-state index contributed by atoms with van der Waals surface area (Å²) in [6, 6.07) is 26.6. The standard InChI is InChI=1S/C38H41N2/c1-25(2)26(19-23-33-37(3,4)35-29-15-11-9-13-27(29)17-21-31(35)39(33)7)20-24-34-38(5,6)36-30-16-12-10-14-28(30)18-22-32(36)40(34)8/h9-25H,1-8H3/q+1. The number of allylic oxidation sites excluding steroid dienone is 6. The molecule has 0 spiro atoms. The second-order valence-electron chi connectivity index (χ2n) is 12.8. The molecule has 0 unspecified atom stereocenters. The molecule has 0 amide bonds. The lowest BCUT2D eigenvalue weighted by Crippen LogP contribution is -2.27. The summed E-state index contributed by atoms with van der Waals surface area (Å²) < 4.78 is 2.38. The lowest BCUT2D eigenvalue weighted by molar-refractivity contribution is -0.401. The van der Waals surface area contributed by atoms with Crippen molar-refractivity contribution in [1.82, 2.24) is 0 Å². The van der Waals surface area contributed by atoms with Crippen molar-refractivity contribution in [3.8, 4) is 0 Å². The van der Waals surface area contributed by atoms with Crippen LogP contribution in [0.4, 0.5) is 11.4 Å². The third-order valence-corrected chi connectivity index (χ3v) is 9.32. The number of hydrogen-bond acceptors (Lipinski definition) is 1. The van der Waals surface area contributed by atoms with Gasteiger partial charge in [-0.05, 0) is 70.7 Å². The molecule has 2 heterocycles. The van der Waals surface area contributed by atoms with E-state index in [1.807, 2.05) is 0 Å². The van der Waals surface area contributed by atoms with Crippen LogP contribution in [-0.2, 0) is 10.8 Å². The number of benzene rings is 4. The Bertz CT molecular complexity index is 1790. The lowest BCUT2D eigenvalue weighted by Gasteiger charge is -2.24. The van der Waals surface area contributed by atoms with Gasteiger partial charge in [0.2, 0.25) is 5.69 Å². The SMILES string of the molecule is CC(C)C(/C=C/C1=[N+](C)c2ccc3ccccc3c2C1(C)C)=C\C=C1/N(C)c2ccc3ccccc3c2C1(C)C. The van der Waals surface area contributed by atoms with Gasteiger partial charge in [0.05, 0.1) is 5.41 Å². The first-order valence-electron chi connectivity index (χ1n) is 14.5. The Kier molecular flexibility index (Phi) is 6.14. The maximum absolute atomic E-state index is 2.38. The van der Waals surface area contributed by atoms with Crippen molar-refractivity contribution < 1.29 is 4.58 Å². The Morgan fingerprint density at radius 1 is 0.775 bits per heavy atom. The zero-order valence-electron chi connectivity index (χ0n) is 25.2. The molecule has 2 aliphatic heterocycles. The van der Waals surface area contributed by atoms with Gasteiger partial charge in [-0.2, -0.15) is 4.58 Å². The molecular weight excluding hydrogens is 484 g/mol. The minimum absolute atomic E-state index is 0.0850. The quantitative estimate of drug-likeness (QED) is 0.190. The van der Waals surface area contributed by atoms with E-state index in [4.69, 9.17) is 0 Å². The van der Waals surface area contributed by atoms with Crippen LogP contribution in [0.1, 0.15) is 52.7 Å². The number of fused-ring (bicyclic) bond motifs is 6. The molecule has 0 bridgehead atoms. The molecule has 2 heteroatoms. The Morgan fingerprint density at radius 2 is 1.38 bits per heavy atom. The van der Waals surface area contributed by atoms with Crippen LogP contribution >= 0.6 is 0 Å². The number of nitrogens with zero attached hydrogens (tertiary/aromatic N) is 2. The van der Waals surface area contributed by atoms with E-state index >= 15 is 0 Å². The topological polar surface area (TPSA) is 6.25 Å². The Labute approximate surface area is 239 Å². The highest BCUT2D eigenvalue weighted by Crippen LogP contribution is 2.50. The molecule has 202 valence electrons. The summed E-state index contributed by atoms with van der Waals surface area (Å²) in [6.07, 6.45) is 9.39. The summed E-state index contributed by atoms with van der Waals surface area (Å²) in [7, 11) is 4.42. The second kappa shape index (κ2) is 9.34. The summed E-state index contributed by atoms with van der Waals surface area (Å²) in [6.45, 7) is 14.0. The van der Waals surface area contributed by atoms with Gasteiger partial charge in [-0.15, -0.1) is 0 Å². The molecule has 4 aromatic carbocycles. The molecule has 2 aliphatic rings. The molecule has 0 radical (unpaired) electrons. The number of rotatable bonds is 4. The molecule has 2 nitrogen and oxygen atoms in total. The van der Waals surface area contributed by atoms with Crippen LogP contribution in [0.5, 0.6) is 0 Å². The molecule has 6 rings (SSSR count). The van der Waals surface area contributed by atoms with Crippen LogP contribution in [0.3, 0.4) is 0 Å². The number of likely N-dealkylation sites (N-methyl/N-ethyl adjacent to an activating group) is 1. The van der Waals surface area contributed by atoms with Crippen molar-refractivity contribution in [2.24, 2.45) is 5.92 Å². The highest BCUT2D eigenvalue weighted by Gasteiger charge is 2.44. The van der Waals surface area contributed by atoms with Crippen LogP contribution in [0.2, 0.25) is 0 Å². The van der Waals surface area contributed by atoms with E-state index in [1.165, 1.54) is 61.0 Å². The van der Waals surface area contributed by atoms with E-state index in [0.29, 0.717) is 5.92 Å². The van der Waals surface area contributed by atoms with Crippen molar-refractivity contribution in [3.63, 3.8) is 0 Å². The highest BCUT2D eigenvalue weighted by atomic mass is 15.2. The first-order valence-corrected chi connectivity index (χ1v) is 14.5. The van der Waals surface area contributed by atoms with E-state index in [0.717, 1.165) is 0 Å². The van der Waals surface area contributed by atoms with Crippen molar-refractivity contribution in [1.29, 1.82) is 0 Å². The van der Waals surface area contributed by atoms with Crippen LogP contribution in [-0.4, -0.2) is 24.4 Å². The summed E-state index contributed by atoms with van der Waals surface area (Å²) >= 11 is 0. The fraction of sp³-hybridized carbons (Fsp3) is 0.289. The van der Waals surface area contributed by atoms with Crippen LogP contribution < -0.4 is 4.90 Å². The molecule has 0 aromatic heterocycles. The van der Waals surface area contributed by atoms with Crippen LogP contribution in [0.25, 0.3) is 21.5 Å². The summed E-state index contributed by atoms with van der Waals surface area (Å²) in [4.78, 5) is 2.38. The average molecular weight is 526 g/mol. The molecule has 0 saturated carbocycles. The lowest BCUT2D eigenvalue weighted by atomic mass is 9.78. The average Bonchev–Trinajstić information content (AvgIpc) is 3.26. The highest BCUT2D eigenvalue weighted by molar-refractivity contribution is 6.07. The fourth-order valence-electron chi connectivity index (χ4n) is 7.18. The molecule has 0 saturated heterocycles. The number of anilines is 1. The van der Waals surface area contributed by atoms with Gasteiger partial charge in [-0.3, -0.25) is 0 Å². The van der Waals surface area contributed by atoms with E-state index in [-0.39, 0.29) is 10.8 Å². The Balaban J connectivity index is 1.38. The van der Waals surface area contributed by atoms with E-state index in [9.17, 15) is 0 Å². The van der Waals surface area contributed by atoms with Gasteiger partial charge in [-0.1, -0.05) is 94.4 Å². The minimum atomic E-state index is -0.0850. The normalized spacial score (nSPS) is 19.1. The molecular formula is C38H41N2+. The zero-order valence-corrected chi connectivity index (χ0v) is 25.2. The first-order chi connectivity index (χ1) is 19.0. The van der Waals surface area contributed by atoms with Gasteiger partial charge >= 0.3 is 0 Å². The molecule has 40 heavy (non-hydrogen) atoms. The maximum Gasteiger partial charge on any atom is 0.210 e. The molecule has 0 atom stereocenters. The monoisotopic (exact) mass is 525 g/mol. The van der Waals surface area contributed by atoms with Gasteiger partial charge in [0.25, 0.3) is 0 Å². The van der Waals surface area contributed by atoms with Gasteiger partial charge in [0.15, 0.2) is 5.71 Å². The molecule has 0 N–H and O–H groups in total. The predicted octanol–water partition coefficient (Wildman–Crippen LogP) is 9.45. The smallest absolute Gasteiger partial charge is 0.210 e. The Hall–Kier alpha value is -3.91. The van der Waals surface area contributed by atoms with Crippen LogP contribution in [0, 0.1) is 5.92 Å². The summed E-state index contributed by atoms with van der Waals surface area (Å²) in [5.74, 6) is 0.407. The predicted molar refractivity (Wildman–Crippen MR) is 173 cm³/mol. The van der Waals surface area contributed by atoms with E-state index in [2.05, 4.69) is 162 Å². The molecule has 4 aromatic rings. The van der Waals surface area contributed by atoms with Crippen molar-refractivity contribution in [3.05, 3.63) is 119 Å².